The summed E-state index contributed by atoms with van der Waals surface area (Å²) in [6, 6.07) is 6.86. The molecular weight excluding hydrogens is 364 g/mol. The lowest BCUT2D eigenvalue weighted by Gasteiger charge is -2.34. The third-order valence-corrected chi connectivity index (χ3v) is 5.99. The molecule has 2 N–H and O–H groups in total. The monoisotopic (exact) mass is 382 g/mol. The van der Waals surface area contributed by atoms with E-state index in [-0.39, 0.29) is 18.4 Å². The quantitative estimate of drug-likeness (QED) is 0.869. The van der Waals surface area contributed by atoms with Crippen molar-refractivity contribution in [3.05, 3.63) is 28.7 Å². The molecule has 0 amide bonds. The number of hydrogen-bond donors (Lipinski definition) is 1. The van der Waals surface area contributed by atoms with Gasteiger partial charge in [0, 0.05) is 17.1 Å². The first-order chi connectivity index (χ1) is 9.05. The van der Waals surface area contributed by atoms with Crippen LogP contribution in [0.15, 0.2) is 33.6 Å². The van der Waals surface area contributed by atoms with Gasteiger partial charge in [0.15, 0.2) is 0 Å². The first-order valence-electron chi connectivity index (χ1n) is 6.53. The largest absolute Gasteiger partial charge is 0.330 e. The highest BCUT2D eigenvalue weighted by atomic mass is 79.9. The standard InChI is InChI=1S/C13H19BrN2O2S.ClH/c14-11-4-6-13(7-5-11)19(17,18)16-10-2-1-3-12(16)8-9-15;/h4-7,12H,1-3,8-10,15H2;1H. The molecule has 0 bridgehead atoms. The SMILES string of the molecule is Cl.NCCC1CCCCN1S(=O)(=O)c1ccc(Br)cc1. The van der Waals surface area contributed by atoms with Crippen molar-refractivity contribution in [2.75, 3.05) is 13.1 Å². The van der Waals surface area contributed by atoms with Crippen LogP contribution in [0.2, 0.25) is 0 Å². The molecule has 1 aliphatic rings. The third-order valence-electron chi connectivity index (χ3n) is 3.49. The Labute approximate surface area is 135 Å². The highest BCUT2D eigenvalue weighted by molar-refractivity contribution is 9.10. The fourth-order valence-corrected chi connectivity index (χ4v) is 4.50. The molecule has 1 aromatic rings. The molecule has 1 aromatic carbocycles. The normalized spacial score (nSPS) is 20.4. The molecule has 0 aromatic heterocycles. The van der Waals surface area contributed by atoms with Crippen LogP contribution in [-0.2, 0) is 10.0 Å². The average molecular weight is 384 g/mol. The molecule has 0 radical (unpaired) electrons. The van der Waals surface area contributed by atoms with Gasteiger partial charge in [0.25, 0.3) is 0 Å². The van der Waals surface area contributed by atoms with Crippen molar-refractivity contribution in [1.82, 2.24) is 4.31 Å². The zero-order valence-corrected chi connectivity index (χ0v) is 14.4. The Morgan fingerprint density at radius 2 is 1.90 bits per heavy atom. The predicted octanol–water partition coefficient (Wildman–Crippen LogP) is 2.76. The van der Waals surface area contributed by atoms with Crippen LogP contribution in [-0.4, -0.2) is 31.9 Å². The van der Waals surface area contributed by atoms with Crippen LogP contribution in [0.4, 0.5) is 0 Å². The molecule has 2 rings (SSSR count). The number of hydrogen-bond acceptors (Lipinski definition) is 3. The Morgan fingerprint density at radius 1 is 1.25 bits per heavy atom. The van der Waals surface area contributed by atoms with Crippen molar-refractivity contribution >= 4 is 38.4 Å². The van der Waals surface area contributed by atoms with Crippen molar-refractivity contribution in [2.24, 2.45) is 5.73 Å². The van der Waals surface area contributed by atoms with Gasteiger partial charge in [-0.25, -0.2) is 8.42 Å². The second kappa shape index (κ2) is 7.75. The molecule has 0 saturated carbocycles. The van der Waals surface area contributed by atoms with Crippen molar-refractivity contribution in [2.45, 2.75) is 36.6 Å². The van der Waals surface area contributed by atoms with Gasteiger partial charge in [-0.15, -0.1) is 12.4 Å². The number of benzene rings is 1. The molecule has 1 unspecified atom stereocenters. The molecule has 0 spiro atoms. The summed E-state index contributed by atoms with van der Waals surface area (Å²) >= 11 is 3.32. The summed E-state index contributed by atoms with van der Waals surface area (Å²) in [4.78, 5) is 0.361. The van der Waals surface area contributed by atoms with E-state index in [1.807, 2.05) is 0 Å². The summed E-state index contributed by atoms with van der Waals surface area (Å²) in [6.45, 7) is 1.13. The maximum absolute atomic E-state index is 12.7. The summed E-state index contributed by atoms with van der Waals surface area (Å²) in [5.74, 6) is 0. The minimum absolute atomic E-state index is 0. The lowest BCUT2D eigenvalue weighted by molar-refractivity contribution is 0.243. The van der Waals surface area contributed by atoms with Crippen LogP contribution in [0.5, 0.6) is 0 Å². The summed E-state index contributed by atoms with van der Waals surface area (Å²) in [6.07, 6.45) is 3.65. The summed E-state index contributed by atoms with van der Waals surface area (Å²) in [7, 11) is -3.39. The van der Waals surface area contributed by atoms with Crippen LogP contribution in [0.25, 0.3) is 0 Å². The first-order valence-corrected chi connectivity index (χ1v) is 8.76. The molecule has 20 heavy (non-hydrogen) atoms. The van der Waals surface area contributed by atoms with Gasteiger partial charge >= 0.3 is 0 Å². The summed E-state index contributed by atoms with van der Waals surface area (Å²) in [5, 5.41) is 0. The average Bonchev–Trinajstić information content (AvgIpc) is 2.40. The number of nitrogens with two attached hydrogens (primary N) is 1. The molecule has 0 aliphatic carbocycles. The van der Waals surface area contributed by atoms with Gasteiger partial charge in [-0.2, -0.15) is 4.31 Å². The predicted molar refractivity (Wildman–Crippen MR) is 86.6 cm³/mol. The van der Waals surface area contributed by atoms with E-state index >= 15 is 0 Å². The van der Waals surface area contributed by atoms with E-state index in [9.17, 15) is 8.42 Å². The van der Waals surface area contributed by atoms with Crippen LogP contribution in [0, 0.1) is 0 Å². The molecule has 1 saturated heterocycles. The second-order valence-corrected chi connectivity index (χ2v) is 7.60. The minimum atomic E-state index is -3.39. The van der Waals surface area contributed by atoms with Crippen LogP contribution >= 0.6 is 28.3 Å². The van der Waals surface area contributed by atoms with Crippen molar-refractivity contribution in [3.8, 4) is 0 Å². The van der Waals surface area contributed by atoms with E-state index in [4.69, 9.17) is 5.73 Å². The van der Waals surface area contributed by atoms with E-state index in [0.29, 0.717) is 18.0 Å². The Kier molecular flexibility index (Phi) is 6.94. The lowest BCUT2D eigenvalue weighted by Crippen LogP contribution is -2.44. The van der Waals surface area contributed by atoms with Gasteiger partial charge in [0.05, 0.1) is 4.90 Å². The Hall–Kier alpha value is -0.140. The number of rotatable bonds is 4. The lowest BCUT2D eigenvalue weighted by atomic mass is 10.0. The van der Waals surface area contributed by atoms with Crippen LogP contribution in [0.1, 0.15) is 25.7 Å². The fourth-order valence-electron chi connectivity index (χ4n) is 2.51. The van der Waals surface area contributed by atoms with Gasteiger partial charge in [-0.1, -0.05) is 22.4 Å². The molecule has 1 heterocycles. The number of piperidine rings is 1. The molecule has 7 heteroatoms. The number of nitrogens with zero attached hydrogens (tertiary/aromatic N) is 1. The molecule has 1 fully saturated rings. The van der Waals surface area contributed by atoms with E-state index in [2.05, 4.69) is 15.9 Å². The Morgan fingerprint density at radius 3 is 2.50 bits per heavy atom. The number of sulfonamides is 1. The van der Waals surface area contributed by atoms with E-state index in [0.717, 1.165) is 30.2 Å². The van der Waals surface area contributed by atoms with E-state index in [1.165, 1.54) is 0 Å². The Bertz CT molecular complexity index is 520. The summed E-state index contributed by atoms with van der Waals surface area (Å²) < 4.78 is 27.8. The smallest absolute Gasteiger partial charge is 0.243 e. The van der Waals surface area contributed by atoms with Gasteiger partial charge in [0.1, 0.15) is 0 Å². The minimum Gasteiger partial charge on any atom is -0.330 e. The molecule has 114 valence electrons. The molecular formula is C13H20BrClN2O2S. The maximum Gasteiger partial charge on any atom is 0.243 e. The van der Waals surface area contributed by atoms with Crippen molar-refractivity contribution in [3.63, 3.8) is 0 Å². The van der Waals surface area contributed by atoms with Gasteiger partial charge in [-0.05, 0) is 50.1 Å². The van der Waals surface area contributed by atoms with Crippen molar-refractivity contribution < 1.29 is 8.42 Å². The third kappa shape index (κ3) is 3.95. The van der Waals surface area contributed by atoms with Gasteiger partial charge in [0.2, 0.25) is 10.0 Å². The second-order valence-electron chi connectivity index (χ2n) is 4.80. The highest BCUT2D eigenvalue weighted by Crippen LogP contribution is 2.27. The van der Waals surface area contributed by atoms with Crippen LogP contribution in [0.3, 0.4) is 0 Å². The van der Waals surface area contributed by atoms with Gasteiger partial charge in [-0.3, -0.25) is 0 Å². The maximum atomic E-state index is 12.7. The zero-order valence-electron chi connectivity index (χ0n) is 11.2. The zero-order chi connectivity index (χ0) is 13.9. The molecule has 1 aliphatic heterocycles. The topological polar surface area (TPSA) is 63.4 Å². The fraction of sp³-hybridized carbons (Fsp3) is 0.538. The number of halogens is 2. The van der Waals surface area contributed by atoms with Crippen LogP contribution < -0.4 is 5.73 Å². The van der Waals surface area contributed by atoms with E-state index < -0.39 is 10.0 Å². The van der Waals surface area contributed by atoms with Crippen molar-refractivity contribution in [1.29, 1.82) is 0 Å². The first kappa shape index (κ1) is 17.9. The van der Waals surface area contributed by atoms with Gasteiger partial charge < -0.3 is 5.73 Å². The molecule has 4 nitrogen and oxygen atoms in total. The highest BCUT2D eigenvalue weighted by Gasteiger charge is 2.32. The molecule has 1 atom stereocenters. The summed E-state index contributed by atoms with van der Waals surface area (Å²) in [5.41, 5.74) is 5.60. The Balaban J connectivity index is 0.00000200. The van der Waals surface area contributed by atoms with E-state index in [1.54, 1.807) is 28.6 Å².